The molecule has 1 fully saturated rings. The molecule has 0 aromatic heterocycles. The molecule has 0 bridgehead atoms. The Morgan fingerprint density at radius 2 is 1.71 bits per heavy atom. The maximum atomic E-state index is 13.0. The van der Waals surface area contributed by atoms with Crippen molar-refractivity contribution in [1.82, 2.24) is 9.80 Å². The number of nitrogens with zero attached hydrogens (tertiary/aromatic N) is 2. The fourth-order valence-corrected chi connectivity index (χ4v) is 3.48. The van der Waals surface area contributed by atoms with Crippen molar-refractivity contribution in [2.24, 2.45) is 0 Å². The molecule has 3 rings (SSSR count). The lowest BCUT2D eigenvalue weighted by Gasteiger charge is -2.34. The quantitative estimate of drug-likeness (QED) is 0.697. The van der Waals surface area contributed by atoms with Crippen LogP contribution in [0.5, 0.6) is 5.75 Å². The van der Waals surface area contributed by atoms with Gasteiger partial charge in [0.2, 0.25) is 0 Å². The molecule has 28 heavy (non-hydrogen) atoms. The summed E-state index contributed by atoms with van der Waals surface area (Å²) >= 11 is 3.45. The van der Waals surface area contributed by atoms with E-state index in [-0.39, 0.29) is 12.0 Å². The van der Waals surface area contributed by atoms with Gasteiger partial charge >= 0.3 is 6.09 Å². The average Bonchev–Trinajstić information content (AvgIpc) is 2.72. The number of piperazine rings is 1. The minimum atomic E-state index is -0.327. The molecule has 0 unspecified atom stereocenters. The summed E-state index contributed by atoms with van der Waals surface area (Å²) < 4.78 is 11.9. The molecule has 6 nitrogen and oxygen atoms in total. The number of rotatable bonds is 5. The Labute approximate surface area is 173 Å². The van der Waals surface area contributed by atoms with Crippen molar-refractivity contribution in [1.29, 1.82) is 0 Å². The number of hydrogen-bond acceptors (Lipinski definition) is 4. The Morgan fingerprint density at radius 3 is 2.43 bits per heavy atom. The summed E-state index contributed by atoms with van der Waals surface area (Å²) in [6, 6.07) is 15.1. The van der Waals surface area contributed by atoms with Crippen molar-refractivity contribution >= 4 is 27.9 Å². The second kappa shape index (κ2) is 9.59. The first-order chi connectivity index (χ1) is 13.6. The molecule has 2 aromatic rings. The van der Waals surface area contributed by atoms with Crippen molar-refractivity contribution in [3.63, 3.8) is 0 Å². The van der Waals surface area contributed by atoms with Gasteiger partial charge in [0.05, 0.1) is 12.2 Å². The van der Waals surface area contributed by atoms with E-state index in [1.807, 2.05) is 36.4 Å². The highest BCUT2D eigenvalue weighted by atomic mass is 79.9. The lowest BCUT2D eigenvalue weighted by Crippen LogP contribution is -2.50. The van der Waals surface area contributed by atoms with Crippen LogP contribution in [0.4, 0.5) is 4.79 Å². The number of amides is 2. The largest absolute Gasteiger partial charge is 0.488 e. The zero-order valence-electron chi connectivity index (χ0n) is 15.8. The fourth-order valence-electron chi connectivity index (χ4n) is 3.03. The van der Waals surface area contributed by atoms with Crippen molar-refractivity contribution in [3.8, 4) is 5.75 Å². The van der Waals surface area contributed by atoms with E-state index in [9.17, 15) is 9.59 Å². The van der Waals surface area contributed by atoms with Crippen LogP contribution in [0.2, 0.25) is 0 Å². The summed E-state index contributed by atoms with van der Waals surface area (Å²) in [5.41, 5.74) is 1.54. The van der Waals surface area contributed by atoms with Crippen LogP contribution in [-0.2, 0) is 11.3 Å². The standard InChI is InChI=1S/C21H23BrN2O4/c1-2-27-21(26)24-12-10-23(11-13-24)20(25)18-8-3-4-9-19(18)28-15-16-6-5-7-17(22)14-16/h3-9,14H,2,10-13,15H2,1H3. The molecular formula is C21H23BrN2O4. The summed E-state index contributed by atoms with van der Waals surface area (Å²) in [6.45, 7) is 4.37. The molecule has 0 aliphatic carbocycles. The highest BCUT2D eigenvalue weighted by molar-refractivity contribution is 9.10. The van der Waals surface area contributed by atoms with Gasteiger partial charge in [-0.25, -0.2) is 4.79 Å². The maximum absolute atomic E-state index is 13.0. The van der Waals surface area contributed by atoms with Crippen LogP contribution in [0.1, 0.15) is 22.8 Å². The third-order valence-corrected chi connectivity index (χ3v) is 4.99. The predicted octanol–water partition coefficient (Wildman–Crippen LogP) is 3.94. The zero-order valence-corrected chi connectivity index (χ0v) is 17.4. The third kappa shape index (κ3) is 5.04. The Kier molecular flexibility index (Phi) is 6.92. The molecule has 0 saturated carbocycles. The van der Waals surface area contributed by atoms with Crippen LogP contribution in [0, 0.1) is 0 Å². The molecule has 0 radical (unpaired) electrons. The third-order valence-electron chi connectivity index (χ3n) is 4.49. The Hall–Kier alpha value is -2.54. The number of hydrogen-bond donors (Lipinski definition) is 0. The molecule has 2 amide bonds. The van der Waals surface area contributed by atoms with E-state index < -0.39 is 0 Å². The zero-order chi connectivity index (χ0) is 19.9. The molecule has 1 heterocycles. The van der Waals surface area contributed by atoms with E-state index in [1.54, 1.807) is 28.9 Å². The van der Waals surface area contributed by atoms with Gasteiger partial charge in [0.25, 0.3) is 5.91 Å². The Balaban J connectivity index is 1.64. The van der Waals surface area contributed by atoms with E-state index in [2.05, 4.69) is 15.9 Å². The van der Waals surface area contributed by atoms with Crippen molar-refractivity contribution in [3.05, 3.63) is 64.1 Å². The van der Waals surface area contributed by atoms with Crippen LogP contribution in [0.25, 0.3) is 0 Å². The van der Waals surface area contributed by atoms with E-state index in [0.29, 0.717) is 50.7 Å². The average molecular weight is 447 g/mol. The van der Waals surface area contributed by atoms with Gasteiger partial charge in [-0.15, -0.1) is 0 Å². The van der Waals surface area contributed by atoms with Gasteiger partial charge in [-0.2, -0.15) is 0 Å². The van der Waals surface area contributed by atoms with Crippen LogP contribution < -0.4 is 4.74 Å². The van der Waals surface area contributed by atoms with E-state index in [0.717, 1.165) is 10.0 Å². The first-order valence-corrected chi connectivity index (χ1v) is 10.0. The lowest BCUT2D eigenvalue weighted by atomic mass is 10.1. The lowest BCUT2D eigenvalue weighted by molar-refractivity contribution is 0.0567. The van der Waals surface area contributed by atoms with Crippen LogP contribution in [0.15, 0.2) is 53.0 Å². The second-order valence-corrected chi connectivity index (χ2v) is 7.31. The topological polar surface area (TPSA) is 59.1 Å². The van der Waals surface area contributed by atoms with Crippen LogP contribution >= 0.6 is 15.9 Å². The molecule has 7 heteroatoms. The van der Waals surface area contributed by atoms with E-state index in [1.165, 1.54) is 0 Å². The monoisotopic (exact) mass is 446 g/mol. The molecule has 0 atom stereocenters. The smallest absolute Gasteiger partial charge is 0.409 e. The molecule has 1 saturated heterocycles. The van der Waals surface area contributed by atoms with Gasteiger partial charge in [-0.1, -0.05) is 40.2 Å². The van der Waals surface area contributed by atoms with Gasteiger partial charge in [-0.05, 0) is 36.8 Å². The van der Waals surface area contributed by atoms with Gasteiger partial charge in [0.1, 0.15) is 12.4 Å². The van der Waals surface area contributed by atoms with Crippen LogP contribution in [-0.4, -0.2) is 54.6 Å². The molecule has 148 valence electrons. The number of para-hydroxylation sites is 1. The van der Waals surface area contributed by atoms with Crippen LogP contribution in [0.3, 0.4) is 0 Å². The maximum Gasteiger partial charge on any atom is 0.409 e. The van der Waals surface area contributed by atoms with E-state index in [4.69, 9.17) is 9.47 Å². The SMILES string of the molecule is CCOC(=O)N1CCN(C(=O)c2ccccc2OCc2cccc(Br)c2)CC1. The van der Waals surface area contributed by atoms with Gasteiger partial charge in [-0.3, -0.25) is 4.79 Å². The summed E-state index contributed by atoms with van der Waals surface area (Å²) in [5, 5.41) is 0. The summed E-state index contributed by atoms with van der Waals surface area (Å²) in [5.74, 6) is 0.466. The Morgan fingerprint density at radius 1 is 1.00 bits per heavy atom. The van der Waals surface area contributed by atoms with Crippen molar-refractivity contribution in [2.45, 2.75) is 13.5 Å². The van der Waals surface area contributed by atoms with Crippen molar-refractivity contribution in [2.75, 3.05) is 32.8 Å². The molecule has 1 aliphatic rings. The second-order valence-electron chi connectivity index (χ2n) is 6.39. The Bertz CT molecular complexity index is 835. The summed E-state index contributed by atoms with van der Waals surface area (Å²) in [7, 11) is 0. The molecule has 0 spiro atoms. The first-order valence-electron chi connectivity index (χ1n) is 9.25. The number of halogens is 1. The highest BCUT2D eigenvalue weighted by Crippen LogP contribution is 2.22. The van der Waals surface area contributed by atoms with E-state index >= 15 is 0 Å². The van der Waals surface area contributed by atoms with Gasteiger partial charge in [0, 0.05) is 30.7 Å². The number of ether oxygens (including phenoxy) is 2. The van der Waals surface area contributed by atoms with Gasteiger partial charge < -0.3 is 19.3 Å². The highest BCUT2D eigenvalue weighted by Gasteiger charge is 2.26. The normalized spacial score (nSPS) is 13.9. The van der Waals surface area contributed by atoms with Crippen molar-refractivity contribution < 1.29 is 19.1 Å². The molecule has 1 aliphatic heterocycles. The summed E-state index contributed by atoms with van der Waals surface area (Å²) in [4.78, 5) is 28.2. The van der Waals surface area contributed by atoms with Gasteiger partial charge in [0.15, 0.2) is 0 Å². The molecule has 0 N–H and O–H groups in total. The minimum absolute atomic E-state index is 0.0895. The first kappa shape index (κ1) is 20.2. The molecular weight excluding hydrogens is 424 g/mol. The number of carbonyl (C=O) groups is 2. The minimum Gasteiger partial charge on any atom is -0.488 e. The predicted molar refractivity (Wildman–Crippen MR) is 109 cm³/mol. The fraction of sp³-hybridized carbons (Fsp3) is 0.333. The number of benzene rings is 2. The summed E-state index contributed by atoms with van der Waals surface area (Å²) in [6.07, 6.45) is -0.327. The molecule has 2 aromatic carbocycles. The number of carbonyl (C=O) groups excluding carboxylic acids is 2.